The molecular formula is C25H31ClN2O5. The molecule has 0 fully saturated rings. The van der Waals surface area contributed by atoms with Gasteiger partial charge in [0.15, 0.2) is 0 Å². The Kier molecular flexibility index (Phi) is 8.00. The third kappa shape index (κ3) is 5.00. The Bertz CT molecular complexity index is 996. The van der Waals surface area contributed by atoms with Gasteiger partial charge in [-0.25, -0.2) is 9.59 Å². The summed E-state index contributed by atoms with van der Waals surface area (Å²) in [4.78, 5) is 27.2. The molecule has 3 rings (SSSR count). The highest BCUT2D eigenvalue weighted by molar-refractivity contribution is 6.30. The van der Waals surface area contributed by atoms with Crippen molar-refractivity contribution >= 4 is 29.2 Å². The minimum absolute atomic E-state index is 0.0894. The second-order valence-corrected chi connectivity index (χ2v) is 8.75. The van der Waals surface area contributed by atoms with Gasteiger partial charge in [-0.1, -0.05) is 35.9 Å². The van der Waals surface area contributed by atoms with E-state index in [1.165, 1.54) is 14.2 Å². The Hall–Kier alpha value is -2.61. The molecule has 2 aromatic carbocycles. The lowest BCUT2D eigenvalue weighted by Gasteiger charge is -2.34. The first-order valence-electron chi connectivity index (χ1n) is 11.0. The van der Waals surface area contributed by atoms with Crippen molar-refractivity contribution in [3.05, 3.63) is 64.2 Å². The van der Waals surface area contributed by atoms with Gasteiger partial charge in [0.25, 0.3) is 0 Å². The van der Waals surface area contributed by atoms with Crippen molar-refractivity contribution in [3.8, 4) is 0 Å². The number of nitrogens with zero attached hydrogens (tertiary/aromatic N) is 1. The average molecular weight is 475 g/mol. The highest BCUT2D eigenvalue weighted by atomic mass is 35.5. The molecule has 7 nitrogen and oxygen atoms in total. The van der Waals surface area contributed by atoms with Crippen LogP contribution in [0.25, 0.3) is 0 Å². The van der Waals surface area contributed by atoms with Gasteiger partial charge in [-0.2, -0.15) is 0 Å². The molecule has 0 radical (unpaired) electrons. The van der Waals surface area contributed by atoms with E-state index in [9.17, 15) is 14.7 Å². The first-order chi connectivity index (χ1) is 15.8. The van der Waals surface area contributed by atoms with Crippen LogP contribution < -0.4 is 10.2 Å². The fourth-order valence-electron chi connectivity index (χ4n) is 4.54. The second kappa shape index (κ2) is 10.5. The lowest BCUT2D eigenvalue weighted by atomic mass is 9.93. The predicted molar refractivity (Wildman–Crippen MR) is 128 cm³/mol. The van der Waals surface area contributed by atoms with E-state index in [0.29, 0.717) is 24.5 Å². The van der Waals surface area contributed by atoms with Gasteiger partial charge < -0.3 is 24.8 Å². The molecule has 8 heteroatoms. The van der Waals surface area contributed by atoms with Gasteiger partial charge in [0.05, 0.1) is 20.3 Å². The first-order valence-corrected chi connectivity index (χ1v) is 11.4. The van der Waals surface area contributed by atoms with Crippen LogP contribution in [0.15, 0.2) is 42.5 Å². The molecule has 2 unspecified atom stereocenters. The Morgan fingerprint density at radius 1 is 1.18 bits per heavy atom. The van der Waals surface area contributed by atoms with Crippen LogP contribution in [0.5, 0.6) is 0 Å². The van der Waals surface area contributed by atoms with Crippen LogP contribution in [0.1, 0.15) is 36.6 Å². The highest BCUT2D eigenvalue weighted by Crippen LogP contribution is 2.41. The quantitative estimate of drug-likeness (QED) is 0.426. The molecule has 2 atom stereocenters. The Morgan fingerprint density at radius 3 is 2.48 bits per heavy atom. The first kappa shape index (κ1) is 25.0. The number of halogens is 1. The molecule has 0 saturated heterocycles. The van der Waals surface area contributed by atoms with E-state index in [4.69, 9.17) is 21.1 Å². The Balaban J connectivity index is 1.72. The van der Waals surface area contributed by atoms with Crippen LogP contribution in [0.2, 0.25) is 5.02 Å². The van der Waals surface area contributed by atoms with Crippen LogP contribution in [0, 0.1) is 0 Å². The summed E-state index contributed by atoms with van der Waals surface area (Å²) in [6.07, 6.45) is 0.244. The summed E-state index contributed by atoms with van der Waals surface area (Å²) in [5, 5.41) is 14.4. The number of fused-ring (bicyclic) bond motifs is 1. The van der Waals surface area contributed by atoms with E-state index in [0.717, 1.165) is 22.4 Å². The van der Waals surface area contributed by atoms with Crippen molar-refractivity contribution in [2.24, 2.45) is 0 Å². The number of hydrogen-bond donors (Lipinski definition) is 2. The standard InChI is InChI=1S/C25H31ClN2O5/c1-5-28-21-10-9-17(12-19(21)14-25(28,23(30)32-3)24(31)33-4)11-16(2)27-15-22(29)18-7-6-8-20(26)13-18/h6-10,12-13,16,22,27,29H,5,11,14-15H2,1-4H3. The summed E-state index contributed by atoms with van der Waals surface area (Å²) in [5.41, 5.74) is 2.05. The summed E-state index contributed by atoms with van der Waals surface area (Å²) < 4.78 is 9.99. The van der Waals surface area contributed by atoms with Gasteiger partial charge in [-0.15, -0.1) is 0 Å². The van der Waals surface area contributed by atoms with E-state index in [-0.39, 0.29) is 12.5 Å². The van der Waals surface area contributed by atoms with Gasteiger partial charge in [-0.3, -0.25) is 0 Å². The van der Waals surface area contributed by atoms with Crippen molar-refractivity contribution in [1.29, 1.82) is 0 Å². The minimum atomic E-state index is -1.51. The third-order valence-electron chi connectivity index (χ3n) is 6.14. The number of carbonyl (C=O) groups is 2. The molecule has 1 heterocycles. The van der Waals surface area contributed by atoms with E-state index in [2.05, 4.69) is 5.32 Å². The number of ether oxygens (including phenoxy) is 2. The lowest BCUT2D eigenvalue weighted by molar-refractivity contribution is -0.160. The molecule has 1 aliphatic rings. The molecule has 2 aromatic rings. The monoisotopic (exact) mass is 474 g/mol. The number of aliphatic hydroxyl groups excluding tert-OH is 1. The number of likely N-dealkylation sites (N-methyl/N-ethyl adjacent to an activating group) is 1. The van der Waals surface area contributed by atoms with Crippen molar-refractivity contribution in [2.45, 2.75) is 44.4 Å². The van der Waals surface area contributed by atoms with Crippen LogP contribution in [-0.4, -0.2) is 55.9 Å². The number of rotatable bonds is 9. The number of esters is 2. The van der Waals surface area contributed by atoms with Gasteiger partial charge in [0.2, 0.25) is 5.54 Å². The lowest BCUT2D eigenvalue weighted by Crippen LogP contribution is -2.60. The topological polar surface area (TPSA) is 88.1 Å². The molecule has 0 bridgehead atoms. The second-order valence-electron chi connectivity index (χ2n) is 8.31. The van der Waals surface area contributed by atoms with Crippen LogP contribution in [0.4, 0.5) is 5.69 Å². The molecule has 0 amide bonds. The SMILES string of the molecule is CCN1c2ccc(CC(C)NCC(O)c3cccc(Cl)c3)cc2CC1(C(=O)OC)C(=O)OC. The number of benzene rings is 2. The van der Waals surface area contributed by atoms with Crippen molar-refractivity contribution in [1.82, 2.24) is 5.32 Å². The van der Waals surface area contributed by atoms with Gasteiger partial charge in [0, 0.05) is 36.3 Å². The largest absolute Gasteiger partial charge is 0.467 e. The number of hydrogen-bond acceptors (Lipinski definition) is 7. The normalized spacial score (nSPS) is 16.1. The van der Waals surface area contributed by atoms with Crippen molar-refractivity contribution < 1.29 is 24.2 Å². The van der Waals surface area contributed by atoms with Crippen LogP contribution >= 0.6 is 11.6 Å². The zero-order valence-electron chi connectivity index (χ0n) is 19.4. The minimum Gasteiger partial charge on any atom is -0.467 e. The predicted octanol–water partition coefficient (Wildman–Crippen LogP) is 3.06. The maximum Gasteiger partial charge on any atom is 0.343 e. The van der Waals surface area contributed by atoms with Crippen molar-refractivity contribution in [3.63, 3.8) is 0 Å². The fourth-order valence-corrected chi connectivity index (χ4v) is 4.74. The highest BCUT2D eigenvalue weighted by Gasteiger charge is 2.57. The van der Waals surface area contributed by atoms with Crippen LogP contribution in [0.3, 0.4) is 0 Å². The molecule has 33 heavy (non-hydrogen) atoms. The molecule has 0 aromatic heterocycles. The Morgan fingerprint density at radius 2 is 1.88 bits per heavy atom. The van der Waals surface area contributed by atoms with Gasteiger partial charge >= 0.3 is 11.9 Å². The number of nitrogens with one attached hydrogen (secondary N) is 1. The smallest absolute Gasteiger partial charge is 0.343 e. The zero-order valence-corrected chi connectivity index (χ0v) is 20.2. The molecule has 1 aliphatic heterocycles. The molecule has 0 aliphatic carbocycles. The molecule has 178 valence electrons. The van der Waals surface area contributed by atoms with Crippen LogP contribution in [-0.2, 0) is 31.9 Å². The Labute approximate surface area is 199 Å². The molecule has 0 saturated carbocycles. The van der Waals surface area contributed by atoms with E-state index in [1.54, 1.807) is 17.0 Å². The van der Waals surface area contributed by atoms with Gasteiger partial charge in [0.1, 0.15) is 0 Å². The maximum atomic E-state index is 12.7. The summed E-state index contributed by atoms with van der Waals surface area (Å²) in [7, 11) is 2.56. The summed E-state index contributed by atoms with van der Waals surface area (Å²) in [6.45, 7) is 4.78. The number of aliphatic hydroxyl groups is 1. The van der Waals surface area contributed by atoms with E-state index < -0.39 is 23.6 Å². The number of carbonyl (C=O) groups excluding carboxylic acids is 2. The summed E-state index contributed by atoms with van der Waals surface area (Å²) in [5.74, 6) is -1.25. The maximum absolute atomic E-state index is 12.7. The fraction of sp³-hybridized carbons (Fsp3) is 0.440. The average Bonchev–Trinajstić information content (AvgIpc) is 3.15. The van der Waals surface area contributed by atoms with E-state index >= 15 is 0 Å². The number of anilines is 1. The van der Waals surface area contributed by atoms with Gasteiger partial charge in [-0.05, 0) is 55.2 Å². The van der Waals surface area contributed by atoms with Crippen molar-refractivity contribution in [2.75, 3.05) is 32.2 Å². The number of methoxy groups -OCH3 is 2. The third-order valence-corrected chi connectivity index (χ3v) is 6.37. The molecular weight excluding hydrogens is 444 g/mol. The summed E-state index contributed by atoms with van der Waals surface area (Å²) in [6, 6.07) is 13.2. The molecule has 0 spiro atoms. The zero-order chi connectivity index (χ0) is 24.2. The summed E-state index contributed by atoms with van der Waals surface area (Å²) >= 11 is 6.01. The molecule has 2 N–H and O–H groups in total. The van der Waals surface area contributed by atoms with E-state index in [1.807, 2.05) is 44.2 Å².